The molecule has 0 unspecified atom stereocenters. The van der Waals surface area contributed by atoms with Crippen LogP contribution in [-0.4, -0.2) is 21.9 Å². The molecule has 1 aromatic carbocycles. The number of primary amides is 1. The lowest BCUT2D eigenvalue weighted by Crippen LogP contribution is -2.34. The summed E-state index contributed by atoms with van der Waals surface area (Å²) in [5, 5.41) is 16.4. The number of carbonyl (C=O) groups excluding carboxylic acids is 2. The number of non-ortho nitro benzene ring substituents is 1. The summed E-state index contributed by atoms with van der Waals surface area (Å²) in [6, 6.07) is 5.12. The van der Waals surface area contributed by atoms with E-state index in [4.69, 9.17) is 18.0 Å². The van der Waals surface area contributed by atoms with Crippen molar-refractivity contribution in [1.29, 1.82) is 0 Å². The maximum absolute atomic E-state index is 12.2. The number of aryl methyl sites for hydroxylation is 1. The fourth-order valence-corrected chi connectivity index (χ4v) is 3.81. The van der Waals surface area contributed by atoms with Gasteiger partial charge in [-0.25, -0.2) is 0 Å². The van der Waals surface area contributed by atoms with Gasteiger partial charge in [0.25, 0.3) is 17.5 Å². The van der Waals surface area contributed by atoms with E-state index < -0.39 is 16.7 Å². The van der Waals surface area contributed by atoms with Gasteiger partial charge in [0.2, 0.25) is 0 Å². The van der Waals surface area contributed by atoms with E-state index in [1.807, 2.05) is 13.8 Å². The predicted octanol–water partition coefficient (Wildman–Crippen LogP) is 2.75. The van der Waals surface area contributed by atoms with Crippen molar-refractivity contribution in [3.8, 4) is 0 Å². The number of amides is 2. The molecule has 8 nitrogen and oxygen atoms in total. The summed E-state index contributed by atoms with van der Waals surface area (Å²) in [7, 11) is 0. The molecule has 4 N–H and O–H groups in total. The Bertz CT molecular complexity index is 890. The Morgan fingerprint density at radius 3 is 2.42 bits per heavy atom. The third-order valence-electron chi connectivity index (χ3n) is 3.60. The molecule has 0 spiro atoms. The van der Waals surface area contributed by atoms with Gasteiger partial charge in [-0.1, -0.05) is 6.92 Å². The largest absolute Gasteiger partial charge is 0.365 e. The number of hydrogen-bond donors (Lipinski definition) is 3. The van der Waals surface area contributed by atoms with Gasteiger partial charge in [-0.2, -0.15) is 0 Å². The number of nitrogens with one attached hydrogen (secondary N) is 2. The fraction of sp³-hybridized carbons (Fsp3) is 0.188. The number of hydrogen-bond acceptors (Lipinski definition) is 6. The molecule has 26 heavy (non-hydrogen) atoms. The van der Waals surface area contributed by atoms with Gasteiger partial charge < -0.3 is 11.1 Å². The van der Waals surface area contributed by atoms with E-state index in [1.165, 1.54) is 35.6 Å². The summed E-state index contributed by atoms with van der Waals surface area (Å²) >= 11 is 6.44. The number of carbonyl (C=O) groups is 2. The van der Waals surface area contributed by atoms with Crippen molar-refractivity contribution in [2.75, 3.05) is 5.32 Å². The zero-order valence-corrected chi connectivity index (χ0v) is 15.6. The number of nitrogens with zero attached hydrogens (tertiary/aromatic N) is 1. The minimum atomic E-state index is -0.571. The molecule has 0 aliphatic rings. The van der Waals surface area contributed by atoms with E-state index in [1.54, 1.807) is 0 Å². The SMILES string of the molecule is CCc1c(C)sc(NC(=S)NC(=O)c2ccc([N+](=O)[O-])cc2)c1C(N)=O. The molecule has 2 amide bonds. The first-order valence-electron chi connectivity index (χ1n) is 7.53. The summed E-state index contributed by atoms with van der Waals surface area (Å²) in [5.41, 5.74) is 6.76. The van der Waals surface area contributed by atoms with Crippen molar-refractivity contribution in [2.45, 2.75) is 20.3 Å². The van der Waals surface area contributed by atoms with Crippen molar-refractivity contribution in [3.05, 3.63) is 55.9 Å². The number of nitrogens with two attached hydrogens (primary N) is 1. The molecule has 0 atom stereocenters. The first kappa shape index (κ1) is 19.5. The molecule has 1 aromatic heterocycles. The molecule has 136 valence electrons. The molecule has 0 saturated carbocycles. The molecule has 2 aromatic rings. The molecule has 2 rings (SSSR count). The number of anilines is 1. The Kier molecular flexibility index (Phi) is 6.01. The second-order valence-corrected chi connectivity index (χ2v) is 6.90. The predicted molar refractivity (Wildman–Crippen MR) is 104 cm³/mol. The first-order chi connectivity index (χ1) is 12.2. The number of thiocarbonyl (C=S) groups is 1. The van der Waals surface area contributed by atoms with Crippen molar-refractivity contribution in [3.63, 3.8) is 0 Å². The van der Waals surface area contributed by atoms with Crippen LogP contribution < -0.4 is 16.4 Å². The van der Waals surface area contributed by atoms with Crippen molar-refractivity contribution in [1.82, 2.24) is 5.32 Å². The summed E-state index contributed by atoms with van der Waals surface area (Å²) in [6.45, 7) is 3.79. The molecule has 1 heterocycles. The Labute approximate surface area is 158 Å². The molecule has 0 aliphatic carbocycles. The third-order valence-corrected chi connectivity index (χ3v) is 4.87. The number of rotatable bonds is 5. The van der Waals surface area contributed by atoms with Crippen LogP contribution in [0, 0.1) is 17.0 Å². The normalized spacial score (nSPS) is 10.2. The maximum Gasteiger partial charge on any atom is 0.269 e. The minimum absolute atomic E-state index is 0.000226. The lowest BCUT2D eigenvalue weighted by Gasteiger charge is -2.09. The monoisotopic (exact) mass is 392 g/mol. The molecule has 0 aliphatic heterocycles. The molecular formula is C16H16N4O4S2. The highest BCUT2D eigenvalue weighted by atomic mass is 32.1. The highest BCUT2D eigenvalue weighted by Gasteiger charge is 2.20. The zero-order valence-electron chi connectivity index (χ0n) is 14.0. The van der Waals surface area contributed by atoms with Gasteiger partial charge in [0.15, 0.2) is 5.11 Å². The van der Waals surface area contributed by atoms with Crippen LogP contribution in [0.4, 0.5) is 10.7 Å². The highest BCUT2D eigenvalue weighted by Crippen LogP contribution is 2.33. The first-order valence-corrected chi connectivity index (χ1v) is 8.75. The number of nitro benzene ring substituents is 1. The van der Waals surface area contributed by atoms with Crippen LogP contribution >= 0.6 is 23.6 Å². The summed E-state index contributed by atoms with van der Waals surface area (Å²) in [5.74, 6) is -1.10. The van der Waals surface area contributed by atoms with Gasteiger partial charge >= 0.3 is 0 Å². The standard InChI is InChI=1S/C16H16N4O4S2/c1-3-11-8(2)26-15(12(11)13(17)21)19-16(25)18-14(22)9-4-6-10(7-5-9)20(23)24/h4-7H,3H2,1-2H3,(H2,17,21)(H2,18,19,22,25). The average molecular weight is 392 g/mol. The Morgan fingerprint density at radius 2 is 1.92 bits per heavy atom. The van der Waals surface area contributed by atoms with Crippen LogP contribution in [0.1, 0.15) is 38.1 Å². The molecule has 0 saturated heterocycles. The van der Waals surface area contributed by atoms with Gasteiger partial charge in [-0.3, -0.25) is 25.0 Å². The van der Waals surface area contributed by atoms with Crippen molar-refractivity contribution < 1.29 is 14.5 Å². The van der Waals surface area contributed by atoms with Gasteiger partial charge in [-0.05, 0) is 43.3 Å². The second kappa shape index (κ2) is 8.02. The summed E-state index contributed by atoms with van der Waals surface area (Å²) < 4.78 is 0. The van der Waals surface area contributed by atoms with Crippen LogP contribution in [0.2, 0.25) is 0 Å². The molecule has 0 bridgehead atoms. The van der Waals surface area contributed by atoms with Crippen molar-refractivity contribution in [2.24, 2.45) is 5.73 Å². The third kappa shape index (κ3) is 4.21. The van der Waals surface area contributed by atoms with Crippen LogP contribution in [-0.2, 0) is 6.42 Å². The van der Waals surface area contributed by atoms with Gasteiger partial charge in [0, 0.05) is 22.6 Å². The van der Waals surface area contributed by atoms with E-state index in [2.05, 4.69) is 10.6 Å². The lowest BCUT2D eigenvalue weighted by molar-refractivity contribution is -0.384. The lowest BCUT2D eigenvalue weighted by atomic mass is 10.1. The Hall–Kier alpha value is -2.85. The molecule has 10 heteroatoms. The molecular weight excluding hydrogens is 376 g/mol. The van der Waals surface area contributed by atoms with Crippen LogP contribution in [0.5, 0.6) is 0 Å². The zero-order chi connectivity index (χ0) is 19.4. The van der Waals surface area contributed by atoms with E-state index in [0.717, 1.165) is 10.4 Å². The van der Waals surface area contributed by atoms with Gasteiger partial charge in [0.1, 0.15) is 5.00 Å². The molecule has 0 fully saturated rings. The number of nitro groups is 1. The minimum Gasteiger partial charge on any atom is -0.365 e. The summed E-state index contributed by atoms with van der Waals surface area (Å²) in [4.78, 5) is 34.9. The van der Waals surface area contributed by atoms with Crippen LogP contribution in [0.25, 0.3) is 0 Å². The number of thiophene rings is 1. The van der Waals surface area contributed by atoms with Gasteiger partial charge in [0.05, 0.1) is 10.5 Å². The van der Waals surface area contributed by atoms with E-state index in [-0.39, 0.29) is 16.4 Å². The van der Waals surface area contributed by atoms with Crippen molar-refractivity contribution >= 4 is 51.2 Å². The Balaban J connectivity index is 2.12. The van der Waals surface area contributed by atoms with Crippen LogP contribution in [0.15, 0.2) is 24.3 Å². The highest BCUT2D eigenvalue weighted by molar-refractivity contribution is 7.80. The Morgan fingerprint density at radius 1 is 1.31 bits per heavy atom. The van der Waals surface area contributed by atoms with E-state index in [9.17, 15) is 19.7 Å². The van der Waals surface area contributed by atoms with Crippen LogP contribution in [0.3, 0.4) is 0 Å². The fourth-order valence-electron chi connectivity index (χ4n) is 2.40. The summed E-state index contributed by atoms with van der Waals surface area (Å²) in [6.07, 6.45) is 0.643. The maximum atomic E-state index is 12.2. The van der Waals surface area contributed by atoms with E-state index >= 15 is 0 Å². The molecule has 0 radical (unpaired) electrons. The topological polar surface area (TPSA) is 127 Å². The smallest absolute Gasteiger partial charge is 0.269 e. The quantitative estimate of drug-likeness (QED) is 0.408. The second-order valence-electron chi connectivity index (χ2n) is 5.27. The number of benzene rings is 1. The van der Waals surface area contributed by atoms with E-state index in [0.29, 0.717) is 17.0 Å². The van der Waals surface area contributed by atoms with Gasteiger partial charge in [-0.15, -0.1) is 11.3 Å². The average Bonchev–Trinajstić information content (AvgIpc) is 2.89.